The lowest BCUT2D eigenvalue weighted by molar-refractivity contribution is 1.31. The smallest absolute Gasteiger partial charge is 0.131 e. The Morgan fingerprint density at radius 3 is 2.67 bits per heavy atom. The highest BCUT2D eigenvalue weighted by molar-refractivity contribution is 9.10. The molecule has 2 aromatic rings. The maximum absolute atomic E-state index is 5.86. The van der Waals surface area contributed by atoms with Crippen molar-refractivity contribution < 1.29 is 0 Å². The number of nitrogens with zero attached hydrogens (tertiary/aromatic N) is 1. The molecule has 0 saturated heterocycles. The SMILES string of the molecule is Cc1ccccc1-c1cc(Br)cnc1N. The predicted octanol–water partition coefficient (Wildman–Crippen LogP) is 3.40. The summed E-state index contributed by atoms with van der Waals surface area (Å²) in [5.41, 5.74) is 9.16. The van der Waals surface area contributed by atoms with Gasteiger partial charge in [0.25, 0.3) is 0 Å². The molecule has 0 aliphatic carbocycles. The maximum atomic E-state index is 5.86. The number of rotatable bonds is 1. The van der Waals surface area contributed by atoms with Gasteiger partial charge in [-0.25, -0.2) is 4.98 Å². The first-order valence-corrected chi connectivity index (χ1v) is 5.45. The summed E-state index contributed by atoms with van der Waals surface area (Å²) in [5, 5.41) is 0. The van der Waals surface area contributed by atoms with Gasteiger partial charge in [0.05, 0.1) is 0 Å². The lowest BCUT2D eigenvalue weighted by Crippen LogP contribution is -1.94. The molecule has 0 saturated carbocycles. The van der Waals surface area contributed by atoms with Crippen LogP contribution in [0.1, 0.15) is 5.56 Å². The van der Waals surface area contributed by atoms with Crippen molar-refractivity contribution in [2.75, 3.05) is 5.73 Å². The zero-order chi connectivity index (χ0) is 10.8. The van der Waals surface area contributed by atoms with E-state index in [1.165, 1.54) is 5.56 Å². The third kappa shape index (κ3) is 2.02. The van der Waals surface area contributed by atoms with Crippen LogP contribution in [0.3, 0.4) is 0 Å². The summed E-state index contributed by atoms with van der Waals surface area (Å²) < 4.78 is 0.940. The molecule has 0 bridgehead atoms. The summed E-state index contributed by atoms with van der Waals surface area (Å²) in [6.45, 7) is 2.07. The van der Waals surface area contributed by atoms with Crippen molar-refractivity contribution in [3.8, 4) is 11.1 Å². The molecule has 0 fully saturated rings. The Hall–Kier alpha value is -1.35. The second kappa shape index (κ2) is 4.03. The number of hydrogen-bond acceptors (Lipinski definition) is 2. The number of halogens is 1. The molecule has 1 aromatic carbocycles. The number of aromatic nitrogens is 1. The molecule has 0 spiro atoms. The lowest BCUT2D eigenvalue weighted by Gasteiger charge is -2.08. The highest BCUT2D eigenvalue weighted by Gasteiger charge is 2.06. The van der Waals surface area contributed by atoms with Crippen molar-refractivity contribution in [3.05, 3.63) is 46.6 Å². The molecule has 2 N–H and O–H groups in total. The van der Waals surface area contributed by atoms with Crippen LogP contribution in [-0.2, 0) is 0 Å². The van der Waals surface area contributed by atoms with Crippen LogP contribution in [0.4, 0.5) is 5.82 Å². The molecule has 1 aromatic heterocycles. The van der Waals surface area contributed by atoms with Crippen LogP contribution < -0.4 is 5.73 Å². The van der Waals surface area contributed by atoms with E-state index in [0.29, 0.717) is 5.82 Å². The van der Waals surface area contributed by atoms with Gasteiger partial charge in [-0.15, -0.1) is 0 Å². The van der Waals surface area contributed by atoms with Crippen LogP contribution in [0.2, 0.25) is 0 Å². The van der Waals surface area contributed by atoms with Crippen LogP contribution in [-0.4, -0.2) is 4.98 Å². The topological polar surface area (TPSA) is 38.9 Å². The zero-order valence-electron chi connectivity index (χ0n) is 8.37. The Bertz CT molecular complexity index is 495. The van der Waals surface area contributed by atoms with Crippen molar-refractivity contribution >= 4 is 21.7 Å². The largest absolute Gasteiger partial charge is 0.383 e. The van der Waals surface area contributed by atoms with Crippen molar-refractivity contribution in [1.29, 1.82) is 0 Å². The average Bonchev–Trinajstić information content (AvgIpc) is 2.23. The fourth-order valence-corrected chi connectivity index (χ4v) is 1.87. The zero-order valence-corrected chi connectivity index (χ0v) is 9.95. The molecule has 1 heterocycles. The first-order chi connectivity index (χ1) is 7.18. The maximum Gasteiger partial charge on any atom is 0.131 e. The molecule has 76 valence electrons. The number of nitrogens with two attached hydrogens (primary N) is 1. The van der Waals surface area contributed by atoms with Gasteiger partial charge in [-0.1, -0.05) is 24.3 Å². The summed E-state index contributed by atoms with van der Waals surface area (Å²) in [7, 11) is 0. The molecular weight excluding hydrogens is 252 g/mol. The minimum absolute atomic E-state index is 0.563. The van der Waals surface area contributed by atoms with Gasteiger partial charge < -0.3 is 5.73 Å². The van der Waals surface area contributed by atoms with E-state index in [-0.39, 0.29) is 0 Å². The van der Waals surface area contributed by atoms with Crippen LogP contribution >= 0.6 is 15.9 Å². The number of pyridine rings is 1. The van der Waals surface area contributed by atoms with E-state index >= 15 is 0 Å². The fraction of sp³-hybridized carbons (Fsp3) is 0.0833. The van der Waals surface area contributed by atoms with Crippen LogP contribution in [0.25, 0.3) is 11.1 Å². The Labute approximate surface area is 97.3 Å². The molecule has 3 heteroatoms. The van der Waals surface area contributed by atoms with E-state index in [2.05, 4.69) is 40.0 Å². The molecule has 2 rings (SSSR count). The van der Waals surface area contributed by atoms with Crippen molar-refractivity contribution in [2.45, 2.75) is 6.92 Å². The van der Waals surface area contributed by atoms with E-state index in [1.807, 2.05) is 18.2 Å². The highest BCUT2D eigenvalue weighted by Crippen LogP contribution is 2.29. The van der Waals surface area contributed by atoms with Crippen molar-refractivity contribution in [2.24, 2.45) is 0 Å². The average molecular weight is 263 g/mol. The third-order valence-corrected chi connectivity index (χ3v) is 2.75. The normalized spacial score (nSPS) is 10.3. The fourth-order valence-electron chi connectivity index (χ4n) is 1.54. The molecule has 2 nitrogen and oxygen atoms in total. The molecule has 0 unspecified atom stereocenters. The van der Waals surface area contributed by atoms with Crippen LogP contribution in [0.15, 0.2) is 41.0 Å². The van der Waals surface area contributed by atoms with Gasteiger partial charge in [0, 0.05) is 16.2 Å². The molecular formula is C12H11BrN2. The van der Waals surface area contributed by atoms with Gasteiger partial charge in [0.15, 0.2) is 0 Å². The second-order valence-corrected chi connectivity index (χ2v) is 4.32. The number of hydrogen-bond donors (Lipinski definition) is 1. The third-order valence-electron chi connectivity index (χ3n) is 2.32. The van der Waals surface area contributed by atoms with Gasteiger partial charge >= 0.3 is 0 Å². The standard InChI is InChI=1S/C12H11BrN2/c1-8-4-2-3-5-10(8)11-6-9(13)7-15-12(11)14/h2-7H,1H3,(H2,14,15). The van der Waals surface area contributed by atoms with Crippen molar-refractivity contribution in [3.63, 3.8) is 0 Å². The van der Waals surface area contributed by atoms with E-state index < -0.39 is 0 Å². The number of anilines is 1. The lowest BCUT2D eigenvalue weighted by atomic mass is 10.0. The predicted molar refractivity (Wildman–Crippen MR) is 66.5 cm³/mol. The van der Waals surface area contributed by atoms with Gasteiger partial charge in [0.1, 0.15) is 5.82 Å². The summed E-state index contributed by atoms with van der Waals surface area (Å²) >= 11 is 3.40. The minimum Gasteiger partial charge on any atom is -0.383 e. The monoisotopic (exact) mass is 262 g/mol. The van der Waals surface area contributed by atoms with E-state index in [4.69, 9.17) is 5.73 Å². The first-order valence-electron chi connectivity index (χ1n) is 4.65. The molecule has 0 aliphatic heterocycles. The Morgan fingerprint density at radius 2 is 1.93 bits per heavy atom. The summed E-state index contributed by atoms with van der Waals surface area (Å²) in [5.74, 6) is 0.563. The number of aryl methyl sites for hydroxylation is 1. The molecule has 0 amide bonds. The van der Waals surface area contributed by atoms with E-state index in [9.17, 15) is 0 Å². The van der Waals surface area contributed by atoms with E-state index in [0.717, 1.165) is 15.6 Å². The van der Waals surface area contributed by atoms with E-state index in [1.54, 1.807) is 6.20 Å². The van der Waals surface area contributed by atoms with Crippen molar-refractivity contribution in [1.82, 2.24) is 4.98 Å². The molecule has 15 heavy (non-hydrogen) atoms. The van der Waals surface area contributed by atoms with Gasteiger partial charge in [-0.2, -0.15) is 0 Å². The number of benzene rings is 1. The van der Waals surface area contributed by atoms with Gasteiger partial charge in [-0.05, 0) is 40.0 Å². The molecule has 0 radical (unpaired) electrons. The van der Waals surface area contributed by atoms with Gasteiger partial charge in [-0.3, -0.25) is 0 Å². The highest BCUT2D eigenvalue weighted by atomic mass is 79.9. The quantitative estimate of drug-likeness (QED) is 0.856. The summed E-state index contributed by atoms with van der Waals surface area (Å²) in [4.78, 5) is 4.13. The van der Waals surface area contributed by atoms with Gasteiger partial charge in [0.2, 0.25) is 0 Å². The number of nitrogen functional groups attached to an aromatic ring is 1. The van der Waals surface area contributed by atoms with Crippen LogP contribution in [0.5, 0.6) is 0 Å². The minimum atomic E-state index is 0.563. The first kappa shape index (κ1) is 10.2. The molecule has 0 aliphatic rings. The second-order valence-electron chi connectivity index (χ2n) is 3.40. The summed E-state index contributed by atoms with van der Waals surface area (Å²) in [6.07, 6.45) is 1.71. The Morgan fingerprint density at radius 1 is 1.20 bits per heavy atom. The Balaban J connectivity index is 2.64. The van der Waals surface area contributed by atoms with Crippen LogP contribution in [0, 0.1) is 6.92 Å². The Kier molecular flexibility index (Phi) is 2.73. The summed E-state index contributed by atoms with van der Waals surface area (Å²) in [6, 6.07) is 10.1. The molecule has 0 atom stereocenters.